The van der Waals surface area contributed by atoms with Gasteiger partial charge < -0.3 is 5.32 Å². The number of unbranched alkanes of at least 4 members (excludes halogenated alkanes) is 1. The molecule has 0 heterocycles. The fraction of sp³-hybridized carbons (Fsp3) is 1.00. The summed E-state index contributed by atoms with van der Waals surface area (Å²) in [5, 5.41) is 3.41. The average molecular weight is 276 g/mol. The van der Waals surface area contributed by atoms with E-state index in [-0.39, 0.29) is 11.8 Å². The lowest BCUT2D eigenvalue weighted by Crippen LogP contribution is -2.36. The quantitative estimate of drug-likeness (QED) is 0.621. The van der Waals surface area contributed by atoms with Gasteiger partial charge in [0.15, 0.2) is 0 Å². The standard InChI is InChI=1S/C13H28N2O2S/c1-4-7-12(2)15(3)18(16,17)11-6-5-10-14-13-8-9-13/h12-14H,4-11H2,1-3H3. The molecule has 1 aliphatic carbocycles. The summed E-state index contributed by atoms with van der Waals surface area (Å²) in [6.45, 7) is 5.02. The van der Waals surface area contributed by atoms with Gasteiger partial charge in [-0.1, -0.05) is 13.3 Å². The Hall–Kier alpha value is -0.130. The van der Waals surface area contributed by atoms with E-state index >= 15 is 0 Å². The maximum Gasteiger partial charge on any atom is 0.214 e. The first-order valence-corrected chi connectivity index (χ1v) is 8.77. The maximum atomic E-state index is 12.1. The van der Waals surface area contributed by atoms with E-state index in [1.54, 1.807) is 11.4 Å². The van der Waals surface area contributed by atoms with E-state index < -0.39 is 10.0 Å². The first kappa shape index (κ1) is 15.9. The summed E-state index contributed by atoms with van der Waals surface area (Å²) in [7, 11) is -1.35. The van der Waals surface area contributed by atoms with Crippen molar-refractivity contribution in [1.29, 1.82) is 0 Å². The van der Waals surface area contributed by atoms with Gasteiger partial charge in [0.1, 0.15) is 0 Å². The molecule has 1 atom stereocenters. The molecule has 1 aliphatic rings. The number of hydrogen-bond donors (Lipinski definition) is 1. The van der Waals surface area contributed by atoms with E-state index in [1.807, 2.05) is 6.92 Å². The van der Waals surface area contributed by atoms with Crippen LogP contribution in [0.4, 0.5) is 0 Å². The Morgan fingerprint density at radius 3 is 2.56 bits per heavy atom. The highest BCUT2D eigenvalue weighted by atomic mass is 32.2. The summed E-state index contributed by atoms with van der Waals surface area (Å²) in [4.78, 5) is 0. The molecule has 1 saturated carbocycles. The highest BCUT2D eigenvalue weighted by molar-refractivity contribution is 7.89. The predicted octanol–water partition coefficient (Wildman–Crippen LogP) is 1.97. The van der Waals surface area contributed by atoms with E-state index in [9.17, 15) is 8.42 Å². The Balaban J connectivity index is 2.20. The van der Waals surface area contributed by atoms with Gasteiger partial charge in [-0.2, -0.15) is 0 Å². The molecule has 1 fully saturated rings. The third-order valence-electron chi connectivity index (χ3n) is 3.61. The number of sulfonamides is 1. The van der Waals surface area contributed by atoms with Crippen LogP contribution in [0.25, 0.3) is 0 Å². The van der Waals surface area contributed by atoms with E-state index in [0.29, 0.717) is 6.04 Å². The number of hydrogen-bond acceptors (Lipinski definition) is 3. The third-order valence-corrected chi connectivity index (χ3v) is 5.65. The van der Waals surface area contributed by atoms with Gasteiger partial charge >= 0.3 is 0 Å². The normalized spacial score (nSPS) is 18.2. The molecule has 4 nitrogen and oxygen atoms in total. The fourth-order valence-electron chi connectivity index (χ4n) is 2.02. The van der Waals surface area contributed by atoms with E-state index in [1.165, 1.54) is 12.8 Å². The molecule has 0 radical (unpaired) electrons. The van der Waals surface area contributed by atoms with Crippen LogP contribution in [-0.4, -0.2) is 44.2 Å². The Bertz CT molecular complexity index is 326. The highest BCUT2D eigenvalue weighted by Crippen LogP contribution is 2.18. The summed E-state index contributed by atoms with van der Waals surface area (Å²) < 4.78 is 25.7. The van der Waals surface area contributed by atoms with Gasteiger partial charge in [0.2, 0.25) is 10.0 Å². The van der Waals surface area contributed by atoms with Crippen molar-refractivity contribution in [1.82, 2.24) is 9.62 Å². The molecular weight excluding hydrogens is 248 g/mol. The minimum atomic E-state index is -3.06. The molecule has 0 amide bonds. The van der Waals surface area contributed by atoms with E-state index in [2.05, 4.69) is 12.2 Å². The molecule has 0 spiro atoms. The first-order valence-electron chi connectivity index (χ1n) is 7.16. The Kier molecular flexibility index (Phi) is 6.60. The Labute approximate surface area is 112 Å². The van der Waals surface area contributed by atoms with Crippen LogP contribution in [0.3, 0.4) is 0 Å². The zero-order valence-corrected chi connectivity index (χ0v) is 12.8. The van der Waals surface area contributed by atoms with Crippen molar-refractivity contribution < 1.29 is 8.42 Å². The monoisotopic (exact) mass is 276 g/mol. The summed E-state index contributed by atoms with van der Waals surface area (Å²) in [6, 6.07) is 0.832. The third kappa shape index (κ3) is 5.67. The lowest BCUT2D eigenvalue weighted by atomic mass is 10.2. The molecule has 1 rings (SSSR count). The summed E-state index contributed by atoms with van der Waals surface area (Å²) >= 11 is 0. The second kappa shape index (κ2) is 7.46. The molecule has 1 N–H and O–H groups in total. The smallest absolute Gasteiger partial charge is 0.214 e. The predicted molar refractivity (Wildman–Crippen MR) is 76.2 cm³/mol. The molecule has 0 aromatic rings. The Morgan fingerprint density at radius 1 is 1.33 bits per heavy atom. The molecule has 0 aromatic carbocycles. The Morgan fingerprint density at radius 2 is 2.00 bits per heavy atom. The second-order valence-corrected chi connectivity index (χ2v) is 7.55. The van der Waals surface area contributed by atoms with E-state index in [4.69, 9.17) is 0 Å². The molecule has 5 heteroatoms. The molecule has 1 unspecified atom stereocenters. The largest absolute Gasteiger partial charge is 0.314 e. The van der Waals surface area contributed by atoms with Gasteiger partial charge in [-0.15, -0.1) is 0 Å². The molecule has 0 saturated heterocycles. The van der Waals surface area contributed by atoms with Gasteiger partial charge in [0, 0.05) is 19.1 Å². The van der Waals surface area contributed by atoms with Crippen LogP contribution in [0.2, 0.25) is 0 Å². The number of nitrogens with zero attached hydrogens (tertiary/aromatic N) is 1. The van der Waals surface area contributed by atoms with Gasteiger partial charge in [-0.05, 0) is 45.6 Å². The minimum Gasteiger partial charge on any atom is -0.314 e. The summed E-state index contributed by atoms with van der Waals surface area (Å²) in [5.41, 5.74) is 0. The van der Waals surface area contributed by atoms with Crippen LogP contribution < -0.4 is 5.32 Å². The van der Waals surface area contributed by atoms with Crippen LogP contribution >= 0.6 is 0 Å². The molecule has 108 valence electrons. The molecule has 0 aliphatic heterocycles. The topological polar surface area (TPSA) is 49.4 Å². The van der Waals surface area contributed by atoms with Crippen molar-refractivity contribution in [3.05, 3.63) is 0 Å². The van der Waals surface area contributed by atoms with Crippen molar-refractivity contribution in [2.24, 2.45) is 0 Å². The summed E-state index contributed by atoms with van der Waals surface area (Å²) in [6.07, 6.45) is 6.23. The van der Waals surface area contributed by atoms with Crippen molar-refractivity contribution in [2.45, 2.75) is 64.5 Å². The lowest BCUT2D eigenvalue weighted by Gasteiger charge is -2.23. The van der Waals surface area contributed by atoms with Crippen LogP contribution in [0.1, 0.15) is 52.4 Å². The van der Waals surface area contributed by atoms with Gasteiger partial charge in [-0.25, -0.2) is 12.7 Å². The minimum absolute atomic E-state index is 0.115. The van der Waals surface area contributed by atoms with Crippen molar-refractivity contribution in [2.75, 3.05) is 19.3 Å². The second-order valence-electron chi connectivity index (χ2n) is 5.41. The lowest BCUT2D eigenvalue weighted by molar-refractivity contribution is 0.368. The first-order chi connectivity index (χ1) is 8.47. The molecule has 0 bridgehead atoms. The van der Waals surface area contributed by atoms with Crippen molar-refractivity contribution >= 4 is 10.0 Å². The van der Waals surface area contributed by atoms with Crippen LogP contribution in [0.15, 0.2) is 0 Å². The van der Waals surface area contributed by atoms with Crippen LogP contribution in [0.5, 0.6) is 0 Å². The average Bonchev–Trinajstić information content (AvgIpc) is 3.11. The van der Waals surface area contributed by atoms with Gasteiger partial charge in [0.05, 0.1) is 5.75 Å². The van der Waals surface area contributed by atoms with Crippen molar-refractivity contribution in [3.63, 3.8) is 0 Å². The fourth-order valence-corrected chi connectivity index (χ4v) is 3.53. The molecule has 0 aromatic heterocycles. The maximum absolute atomic E-state index is 12.1. The van der Waals surface area contributed by atoms with Crippen molar-refractivity contribution in [3.8, 4) is 0 Å². The number of rotatable bonds is 10. The van der Waals surface area contributed by atoms with Crippen LogP contribution in [0, 0.1) is 0 Å². The molecular formula is C13H28N2O2S. The van der Waals surface area contributed by atoms with Gasteiger partial charge in [-0.3, -0.25) is 0 Å². The molecule has 18 heavy (non-hydrogen) atoms. The SMILES string of the molecule is CCCC(C)N(C)S(=O)(=O)CCCCNC1CC1. The summed E-state index contributed by atoms with van der Waals surface area (Å²) in [5.74, 6) is 0.282. The van der Waals surface area contributed by atoms with Crippen LogP contribution in [-0.2, 0) is 10.0 Å². The zero-order chi connectivity index (χ0) is 13.6. The van der Waals surface area contributed by atoms with E-state index in [0.717, 1.165) is 32.2 Å². The number of nitrogens with one attached hydrogen (secondary N) is 1. The zero-order valence-electron chi connectivity index (χ0n) is 12.0. The highest BCUT2D eigenvalue weighted by Gasteiger charge is 2.22. The van der Waals surface area contributed by atoms with Gasteiger partial charge in [0.25, 0.3) is 0 Å².